The highest BCUT2D eigenvalue weighted by atomic mass is 16.7. The molecule has 6 heteroatoms. The number of methoxy groups -OCH3 is 1. The first-order valence-corrected chi connectivity index (χ1v) is 9.49. The van der Waals surface area contributed by atoms with Crippen LogP contribution in [0.3, 0.4) is 0 Å². The zero-order valence-corrected chi connectivity index (χ0v) is 15.4. The smallest absolute Gasteiger partial charge is 0.231 e. The third-order valence-corrected chi connectivity index (χ3v) is 6.03. The molecule has 1 amide bonds. The lowest BCUT2D eigenvalue weighted by molar-refractivity contribution is -0.137. The zero-order valence-electron chi connectivity index (χ0n) is 15.4. The number of benzene rings is 1. The predicted molar refractivity (Wildman–Crippen MR) is 95.4 cm³/mol. The molecule has 0 aromatic heterocycles. The quantitative estimate of drug-likeness (QED) is 0.806. The molecular formula is C20H27NO5. The predicted octanol–water partition coefficient (Wildman–Crippen LogP) is 2.39. The Hall–Kier alpha value is -1.79. The second-order valence-electron chi connectivity index (χ2n) is 7.43. The summed E-state index contributed by atoms with van der Waals surface area (Å²) in [5.41, 5.74) is 0.920. The molecule has 6 nitrogen and oxygen atoms in total. The molecule has 1 aromatic rings. The van der Waals surface area contributed by atoms with Crippen LogP contribution in [0.5, 0.6) is 11.5 Å². The van der Waals surface area contributed by atoms with Crippen LogP contribution in [0.15, 0.2) is 18.2 Å². The molecular weight excluding hydrogens is 334 g/mol. The normalized spacial score (nSPS) is 23.6. The van der Waals surface area contributed by atoms with Crippen molar-refractivity contribution >= 4 is 5.91 Å². The molecule has 0 saturated carbocycles. The summed E-state index contributed by atoms with van der Waals surface area (Å²) in [6.45, 7) is 3.41. The van der Waals surface area contributed by atoms with Crippen molar-refractivity contribution in [3.63, 3.8) is 0 Å². The summed E-state index contributed by atoms with van der Waals surface area (Å²) in [5.74, 6) is 2.20. The van der Waals surface area contributed by atoms with Crippen molar-refractivity contribution < 1.29 is 23.7 Å². The average Bonchev–Trinajstić information content (AvgIpc) is 3.27. The molecule has 0 unspecified atom stereocenters. The number of nitrogens with zero attached hydrogens (tertiary/aromatic N) is 1. The van der Waals surface area contributed by atoms with Crippen LogP contribution in [0, 0.1) is 5.92 Å². The van der Waals surface area contributed by atoms with Crippen LogP contribution >= 0.6 is 0 Å². The Morgan fingerprint density at radius 1 is 1.27 bits per heavy atom. The summed E-state index contributed by atoms with van der Waals surface area (Å²) in [5, 5.41) is 0. The first-order valence-electron chi connectivity index (χ1n) is 9.49. The third-order valence-electron chi connectivity index (χ3n) is 6.03. The minimum absolute atomic E-state index is 0.0476. The summed E-state index contributed by atoms with van der Waals surface area (Å²) in [6, 6.07) is 5.73. The number of fused-ring (bicyclic) bond motifs is 1. The molecule has 0 N–H and O–H groups in total. The lowest BCUT2D eigenvalue weighted by Crippen LogP contribution is -2.49. The van der Waals surface area contributed by atoms with Gasteiger partial charge in [-0.05, 0) is 49.3 Å². The van der Waals surface area contributed by atoms with Gasteiger partial charge in [0.1, 0.15) is 0 Å². The highest BCUT2D eigenvalue weighted by molar-refractivity contribution is 5.79. The number of ether oxygens (including phenoxy) is 4. The summed E-state index contributed by atoms with van der Waals surface area (Å²) in [4.78, 5) is 14.7. The van der Waals surface area contributed by atoms with Gasteiger partial charge in [-0.25, -0.2) is 0 Å². The molecule has 4 rings (SSSR count). The lowest BCUT2D eigenvalue weighted by Gasteiger charge is -2.42. The van der Waals surface area contributed by atoms with Crippen molar-refractivity contribution in [3.05, 3.63) is 23.8 Å². The van der Waals surface area contributed by atoms with Crippen molar-refractivity contribution in [2.75, 3.05) is 40.2 Å². The molecule has 3 aliphatic rings. The molecule has 2 saturated heterocycles. The molecule has 2 fully saturated rings. The van der Waals surface area contributed by atoms with Gasteiger partial charge in [0.25, 0.3) is 0 Å². The van der Waals surface area contributed by atoms with E-state index >= 15 is 0 Å². The Kier molecular flexibility index (Phi) is 5.05. The van der Waals surface area contributed by atoms with E-state index in [1.165, 1.54) is 0 Å². The first kappa shape index (κ1) is 17.6. The van der Waals surface area contributed by atoms with Gasteiger partial charge in [0.05, 0.1) is 12.0 Å². The number of rotatable bonds is 5. The molecule has 142 valence electrons. The molecule has 3 heterocycles. The van der Waals surface area contributed by atoms with Crippen LogP contribution in [0.2, 0.25) is 0 Å². The summed E-state index contributed by atoms with van der Waals surface area (Å²) >= 11 is 0. The number of hydrogen-bond donors (Lipinski definition) is 0. The molecule has 1 spiro atoms. The Morgan fingerprint density at radius 3 is 2.88 bits per heavy atom. The monoisotopic (exact) mass is 361 g/mol. The first-order chi connectivity index (χ1) is 12.7. The second-order valence-corrected chi connectivity index (χ2v) is 7.43. The maximum Gasteiger partial charge on any atom is 0.231 e. The van der Waals surface area contributed by atoms with Crippen LogP contribution in [0.25, 0.3) is 0 Å². The highest BCUT2D eigenvalue weighted by Gasteiger charge is 2.46. The van der Waals surface area contributed by atoms with Crippen LogP contribution in [-0.4, -0.2) is 56.6 Å². The van der Waals surface area contributed by atoms with Gasteiger partial charge in [0.15, 0.2) is 11.5 Å². The fraction of sp³-hybridized carbons (Fsp3) is 0.650. The fourth-order valence-corrected chi connectivity index (χ4v) is 4.48. The SMILES string of the molecule is COCC[C@@H]1CCOC12CCN(C(=O)Cc1ccc3c(c1)OCO3)CC2. The van der Waals surface area contributed by atoms with Crippen molar-refractivity contribution in [2.24, 2.45) is 5.92 Å². The third kappa shape index (κ3) is 3.40. The van der Waals surface area contributed by atoms with E-state index in [9.17, 15) is 4.79 Å². The minimum atomic E-state index is -0.0476. The molecule has 1 aromatic carbocycles. The van der Waals surface area contributed by atoms with E-state index in [-0.39, 0.29) is 18.3 Å². The number of likely N-dealkylation sites (tertiary alicyclic amines) is 1. The highest BCUT2D eigenvalue weighted by Crippen LogP contribution is 2.42. The molecule has 0 aliphatic carbocycles. The van der Waals surface area contributed by atoms with Gasteiger partial charge in [0.2, 0.25) is 12.7 Å². The van der Waals surface area contributed by atoms with Gasteiger partial charge in [-0.3, -0.25) is 4.79 Å². The van der Waals surface area contributed by atoms with Gasteiger partial charge in [0, 0.05) is 33.4 Å². The van der Waals surface area contributed by atoms with Crippen molar-refractivity contribution in [1.29, 1.82) is 0 Å². The van der Waals surface area contributed by atoms with Gasteiger partial charge in [-0.1, -0.05) is 6.07 Å². The van der Waals surface area contributed by atoms with Crippen LogP contribution < -0.4 is 9.47 Å². The average molecular weight is 361 g/mol. The van der Waals surface area contributed by atoms with Gasteiger partial charge < -0.3 is 23.8 Å². The van der Waals surface area contributed by atoms with E-state index in [1.807, 2.05) is 23.1 Å². The molecule has 26 heavy (non-hydrogen) atoms. The number of carbonyl (C=O) groups excluding carboxylic acids is 1. The molecule has 3 aliphatic heterocycles. The standard InChI is InChI=1S/C20H27NO5/c1-23-10-4-16-5-11-26-20(16)6-8-21(9-7-20)19(22)13-15-2-3-17-18(12-15)25-14-24-17/h2-3,12,16H,4-11,13-14H2,1H3/t16-/m1/s1. The van der Waals surface area contributed by atoms with Crippen LogP contribution in [0.1, 0.15) is 31.2 Å². The van der Waals surface area contributed by atoms with E-state index in [0.29, 0.717) is 12.3 Å². The Labute approximate surface area is 154 Å². The van der Waals surface area contributed by atoms with E-state index in [2.05, 4.69) is 0 Å². The van der Waals surface area contributed by atoms with Crippen LogP contribution in [0.4, 0.5) is 0 Å². The molecule has 0 radical (unpaired) electrons. The Morgan fingerprint density at radius 2 is 2.08 bits per heavy atom. The van der Waals surface area contributed by atoms with E-state index in [0.717, 1.165) is 69.0 Å². The lowest BCUT2D eigenvalue weighted by atomic mass is 9.78. The zero-order chi connectivity index (χ0) is 18.0. The molecule has 1 atom stereocenters. The van der Waals surface area contributed by atoms with Crippen LogP contribution in [-0.2, 0) is 20.7 Å². The van der Waals surface area contributed by atoms with Crippen molar-refractivity contribution in [3.8, 4) is 11.5 Å². The number of amides is 1. The number of carbonyl (C=O) groups is 1. The van der Waals surface area contributed by atoms with Crippen molar-refractivity contribution in [2.45, 2.75) is 37.7 Å². The van der Waals surface area contributed by atoms with Gasteiger partial charge in [-0.2, -0.15) is 0 Å². The number of piperidine rings is 1. The topological polar surface area (TPSA) is 57.2 Å². The number of hydrogen-bond acceptors (Lipinski definition) is 5. The van der Waals surface area contributed by atoms with Gasteiger partial charge >= 0.3 is 0 Å². The molecule has 0 bridgehead atoms. The van der Waals surface area contributed by atoms with E-state index in [1.54, 1.807) is 7.11 Å². The summed E-state index contributed by atoms with van der Waals surface area (Å²) < 4.78 is 22.1. The fourth-order valence-electron chi connectivity index (χ4n) is 4.48. The van der Waals surface area contributed by atoms with E-state index < -0.39 is 0 Å². The van der Waals surface area contributed by atoms with E-state index in [4.69, 9.17) is 18.9 Å². The summed E-state index contributed by atoms with van der Waals surface area (Å²) in [7, 11) is 1.75. The maximum atomic E-state index is 12.7. The summed E-state index contributed by atoms with van der Waals surface area (Å²) in [6.07, 6.45) is 4.40. The van der Waals surface area contributed by atoms with Crippen molar-refractivity contribution in [1.82, 2.24) is 4.90 Å². The Bertz CT molecular complexity index is 654. The maximum absolute atomic E-state index is 12.7. The minimum Gasteiger partial charge on any atom is -0.454 e. The largest absolute Gasteiger partial charge is 0.454 e. The second kappa shape index (κ2) is 7.45. The Balaban J connectivity index is 1.33. The van der Waals surface area contributed by atoms with Gasteiger partial charge in [-0.15, -0.1) is 0 Å².